The number of hydrogen-bond donors (Lipinski definition) is 2. The third kappa shape index (κ3) is 2.90. The second-order valence-electron chi connectivity index (χ2n) is 5.80. The maximum atomic E-state index is 12.3. The number of pyridine rings is 1. The number of aromatic nitrogens is 3. The Kier molecular flexibility index (Phi) is 3.88. The molecule has 2 heterocycles. The van der Waals surface area contributed by atoms with Crippen LogP contribution in [0.25, 0.3) is 11.2 Å². The van der Waals surface area contributed by atoms with E-state index in [1.165, 1.54) is 0 Å². The number of carbonyl (C=O) groups is 1. The van der Waals surface area contributed by atoms with Crippen molar-refractivity contribution in [2.75, 3.05) is 6.61 Å². The van der Waals surface area contributed by atoms with E-state index in [1.54, 1.807) is 18.6 Å². The predicted octanol–water partition coefficient (Wildman–Crippen LogP) is 1.25. The van der Waals surface area contributed by atoms with E-state index < -0.39 is 0 Å². The minimum absolute atomic E-state index is 0.0949. The fourth-order valence-electron chi connectivity index (χ4n) is 2.90. The number of nitrogens with one attached hydrogen (secondary N) is 1. The molecule has 0 spiro atoms. The Bertz CT molecular complexity index is 644. The number of carbonyl (C=O) groups excluding carboxylic acids is 1. The van der Waals surface area contributed by atoms with E-state index in [4.69, 9.17) is 5.11 Å². The lowest BCUT2D eigenvalue weighted by Gasteiger charge is -2.27. The van der Waals surface area contributed by atoms with Gasteiger partial charge in [0.1, 0.15) is 5.52 Å². The van der Waals surface area contributed by atoms with Crippen LogP contribution in [0.3, 0.4) is 0 Å². The van der Waals surface area contributed by atoms with Crippen LogP contribution in [-0.4, -0.2) is 38.2 Å². The lowest BCUT2D eigenvalue weighted by Crippen LogP contribution is -2.38. The molecule has 0 unspecified atom stereocenters. The summed E-state index contributed by atoms with van der Waals surface area (Å²) < 4.78 is 1.83. The second kappa shape index (κ2) is 5.81. The van der Waals surface area contributed by atoms with Crippen molar-refractivity contribution >= 4 is 17.1 Å². The van der Waals surface area contributed by atoms with Gasteiger partial charge in [0, 0.05) is 25.9 Å². The third-order valence-electron chi connectivity index (χ3n) is 4.25. The summed E-state index contributed by atoms with van der Waals surface area (Å²) in [6.45, 7) is 0.251. The van der Waals surface area contributed by atoms with Crippen LogP contribution in [0, 0.1) is 5.92 Å². The average molecular weight is 288 g/mol. The summed E-state index contributed by atoms with van der Waals surface area (Å²) in [5.41, 5.74) is 2.05. The molecule has 1 aliphatic carbocycles. The highest BCUT2D eigenvalue weighted by Gasteiger charge is 2.22. The topological polar surface area (TPSA) is 80.0 Å². The van der Waals surface area contributed by atoms with Gasteiger partial charge in [-0.2, -0.15) is 0 Å². The Morgan fingerprint density at radius 1 is 1.38 bits per heavy atom. The second-order valence-corrected chi connectivity index (χ2v) is 5.80. The molecule has 1 amide bonds. The van der Waals surface area contributed by atoms with E-state index in [9.17, 15) is 4.79 Å². The predicted molar refractivity (Wildman–Crippen MR) is 78.8 cm³/mol. The van der Waals surface area contributed by atoms with E-state index >= 15 is 0 Å². The maximum absolute atomic E-state index is 12.3. The van der Waals surface area contributed by atoms with Crippen LogP contribution in [0.4, 0.5) is 0 Å². The first kappa shape index (κ1) is 14.0. The number of aryl methyl sites for hydroxylation is 1. The summed E-state index contributed by atoms with van der Waals surface area (Å²) in [6, 6.07) is 1.97. The van der Waals surface area contributed by atoms with Crippen LogP contribution < -0.4 is 5.32 Å². The minimum atomic E-state index is -0.0949. The molecule has 2 aromatic rings. The van der Waals surface area contributed by atoms with Crippen LogP contribution in [-0.2, 0) is 7.05 Å². The molecule has 2 aromatic heterocycles. The van der Waals surface area contributed by atoms with Gasteiger partial charge in [-0.05, 0) is 37.7 Å². The fourth-order valence-corrected chi connectivity index (χ4v) is 2.90. The van der Waals surface area contributed by atoms with Gasteiger partial charge in [-0.1, -0.05) is 0 Å². The van der Waals surface area contributed by atoms with Gasteiger partial charge < -0.3 is 15.0 Å². The monoisotopic (exact) mass is 288 g/mol. The molecule has 0 aromatic carbocycles. The van der Waals surface area contributed by atoms with Crippen molar-refractivity contribution in [1.82, 2.24) is 19.9 Å². The third-order valence-corrected chi connectivity index (χ3v) is 4.25. The van der Waals surface area contributed by atoms with E-state index in [0.29, 0.717) is 11.5 Å². The van der Waals surface area contributed by atoms with Gasteiger partial charge in [0.2, 0.25) is 0 Å². The first-order valence-corrected chi connectivity index (χ1v) is 7.36. The normalized spacial score (nSPS) is 22.4. The van der Waals surface area contributed by atoms with Crippen molar-refractivity contribution in [3.63, 3.8) is 0 Å². The first-order chi connectivity index (χ1) is 10.2. The van der Waals surface area contributed by atoms with Crippen LogP contribution in [0.15, 0.2) is 18.6 Å². The molecule has 6 heteroatoms. The molecule has 0 aliphatic heterocycles. The molecule has 0 saturated heterocycles. The molecule has 3 rings (SSSR count). The summed E-state index contributed by atoms with van der Waals surface area (Å²) in [5, 5.41) is 12.2. The number of amides is 1. The molecular weight excluding hydrogens is 268 g/mol. The van der Waals surface area contributed by atoms with Crippen molar-refractivity contribution in [1.29, 1.82) is 0 Å². The van der Waals surface area contributed by atoms with Crippen molar-refractivity contribution in [3.05, 3.63) is 24.2 Å². The molecule has 2 N–H and O–H groups in total. The van der Waals surface area contributed by atoms with Crippen LogP contribution in [0.5, 0.6) is 0 Å². The lowest BCUT2D eigenvalue weighted by atomic mass is 9.86. The number of rotatable bonds is 3. The van der Waals surface area contributed by atoms with Crippen LogP contribution >= 0.6 is 0 Å². The summed E-state index contributed by atoms with van der Waals surface area (Å²) in [5.74, 6) is 0.298. The quantitative estimate of drug-likeness (QED) is 0.890. The van der Waals surface area contributed by atoms with E-state index in [-0.39, 0.29) is 18.6 Å². The zero-order valence-corrected chi connectivity index (χ0v) is 12.1. The Labute approximate surface area is 123 Å². The molecule has 0 radical (unpaired) electrons. The largest absolute Gasteiger partial charge is 0.396 e. The molecule has 0 atom stereocenters. The van der Waals surface area contributed by atoms with E-state index in [2.05, 4.69) is 15.3 Å². The van der Waals surface area contributed by atoms with Crippen molar-refractivity contribution in [2.45, 2.75) is 31.7 Å². The highest BCUT2D eigenvalue weighted by molar-refractivity contribution is 5.96. The van der Waals surface area contributed by atoms with Crippen molar-refractivity contribution in [3.8, 4) is 0 Å². The Balaban J connectivity index is 1.67. The maximum Gasteiger partial charge on any atom is 0.253 e. The molecule has 1 fully saturated rings. The Hall–Kier alpha value is -1.95. The van der Waals surface area contributed by atoms with Gasteiger partial charge in [-0.3, -0.25) is 4.79 Å². The number of fused-ring (bicyclic) bond motifs is 1. The number of aliphatic hydroxyl groups is 1. The summed E-state index contributed by atoms with van der Waals surface area (Å²) >= 11 is 0. The smallest absolute Gasteiger partial charge is 0.253 e. The van der Waals surface area contributed by atoms with Gasteiger partial charge in [0.05, 0.1) is 11.9 Å². The Morgan fingerprint density at radius 2 is 2.14 bits per heavy atom. The number of hydrogen-bond acceptors (Lipinski definition) is 4. The summed E-state index contributed by atoms with van der Waals surface area (Å²) in [6.07, 6.45) is 7.08. The summed E-state index contributed by atoms with van der Waals surface area (Å²) in [4.78, 5) is 20.8. The highest BCUT2D eigenvalue weighted by Crippen LogP contribution is 2.24. The average Bonchev–Trinajstić information content (AvgIpc) is 2.89. The standard InChI is InChI=1S/C15H20N4O2/c1-19-9-17-13-6-11(7-16-14(13)19)15(21)18-12-4-2-10(8-20)3-5-12/h6-7,9-10,12,20H,2-5,8H2,1H3,(H,18,21). The van der Waals surface area contributed by atoms with Gasteiger partial charge in [0.15, 0.2) is 5.65 Å². The molecule has 1 aliphatic rings. The van der Waals surface area contributed by atoms with Gasteiger partial charge in [-0.15, -0.1) is 0 Å². The van der Waals surface area contributed by atoms with Crippen LogP contribution in [0.1, 0.15) is 36.0 Å². The molecule has 6 nitrogen and oxygen atoms in total. The van der Waals surface area contributed by atoms with E-state index in [0.717, 1.165) is 36.8 Å². The highest BCUT2D eigenvalue weighted by atomic mass is 16.3. The molecule has 1 saturated carbocycles. The molecular formula is C15H20N4O2. The fraction of sp³-hybridized carbons (Fsp3) is 0.533. The number of imidazole rings is 1. The first-order valence-electron chi connectivity index (χ1n) is 7.36. The zero-order valence-electron chi connectivity index (χ0n) is 12.1. The molecule has 0 bridgehead atoms. The van der Waals surface area contributed by atoms with E-state index in [1.807, 2.05) is 11.6 Å². The molecule has 112 valence electrons. The number of nitrogens with zero attached hydrogens (tertiary/aromatic N) is 3. The van der Waals surface area contributed by atoms with Gasteiger partial charge in [-0.25, -0.2) is 9.97 Å². The molecule has 21 heavy (non-hydrogen) atoms. The SMILES string of the molecule is Cn1cnc2cc(C(=O)NC3CCC(CO)CC3)cnc21. The van der Waals surface area contributed by atoms with Gasteiger partial charge in [0.25, 0.3) is 5.91 Å². The minimum Gasteiger partial charge on any atom is -0.396 e. The Morgan fingerprint density at radius 3 is 2.86 bits per heavy atom. The number of aliphatic hydroxyl groups excluding tert-OH is 1. The van der Waals surface area contributed by atoms with Crippen molar-refractivity contribution < 1.29 is 9.90 Å². The van der Waals surface area contributed by atoms with Crippen molar-refractivity contribution in [2.24, 2.45) is 13.0 Å². The summed E-state index contributed by atoms with van der Waals surface area (Å²) in [7, 11) is 1.88. The van der Waals surface area contributed by atoms with Crippen LogP contribution in [0.2, 0.25) is 0 Å². The zero-order chi connectivity index (χ0) is 14.8. The van der Waals surface area contributed by atoms with Gasteiger partial charge >= 0.3 is 0 Å². The lowest BCUT2D eigenvalue weighted by molar-refractivity contribution is 0.0913.